The fourth-order valence-corrected chi connectivity index (χ4v) is 4.25. The number of aliphatic imine (C=N–C) groups is 1. The number of hydrogen-bond acceptors (Lipinski definition) is 5. The average Bonchev–Trinajstić information content (AvgIpc) is 3.32. The van der Waals surface area contributed by atoms with E-state index in [1.54, 1.807) is 11.1 Å². The van der Waals surface area contributed by atoms with E-state index in [-0.39, 0.29) is 5.91 Å². The number of rotatable bonds is 4. The first-order valence-corrected chi connectivity index (χ1v) is 10.3. The smallest absolute Gasteiger partial charge is 0.268 e. The van der Waals surface area contributed by atoms with Gasteiger partial charge < -0.3 is 0 Å². The zero-order valence-electron chi connectivity index (χ0n) is 14.7. The van der Waals surface area contributed by atoms with E-state index in [0.717, 1.165) is 17.7 Å². The average molecular weight is 392 g/mol. The molecule has 27 heavy (non-hydrogen) atoms. The molecular formula is C21H17N3OS2. The van der Waals surface area contributed by atoms with Gasteiger partial charge in [0.05, 0.1) is 10.6 Å². The standard InChI is InChI=1S/C21H17N3OS2/c1-2-15-8-10-16(11-9-15)14-18-19(25)24(17-6-4-3-5-7-17)21(27-18)23-20-22-12-13-26-20/h3-14H,2H2,1H3/b18-14-,23-21+. The van der Waals surface area contributed by atoms with E-state index in [1.165, 1.54) is 28.7 Å². The van der Waals surface area contributed by atoms with Gasteiger partial charge in [0, 0.05) is 11.6 Å². The first-order valence-electron chi connectivity index (χ1n) is 8.61. The van der Waals surface area contributed by atoms with Crippen molar-refractivity contribution < 1.29 is 4.79 Å². The van der Waals surface area contributed by atoms with Crippen LogP contribution >= 0.6 is 23.1 Å². The highest BCUT2D eigenvalue weighted by molar-refractivity contribution is 8.19. The second-order valence-corrected chi connectivity index (χ2v) is 7.77. The molecule has 1 fully saturated rings. The van der Waals surface area contributed by atoms with Crippen molar-refractivity contribution in [1.29, 1.82) is 0 Å². The van der Waals surface area contributed by atoms with Gasteiger partial charge in [0.1, 0.15) is 0 Å². The van der Waals surface area contributed by atoms with Crippen LogP contribution in [0.15, 0.2) is 76.1 Å². The summed E-state index contributed by atoms with van der Waals surface area (Å²) in [6, 6.07) is 17.9. The summed E-state index contributed by atoms with van der Waals surface area (Å²) in [5.74, 6) is -0.0684. The lowest BCUT2D eigenvalue weighted by atomic mass is 10.1. The van der Waals surface area contributed by atoms with E-state index in [9.17, 15) is 4.79 Å². The van der Waals surface area contributed by atoms with E-state index < -0.39 is 0 Å². The van der Waals surface area contributed by atoms with Crippen LogP contribution in [0.2, 0.25) is 0 Å². The Morgan fingerprint density at radius 3 is 2.56 bits per heavy atom. The number of carbonyl (C=O) groups is 1. The molecule has 0 saturated carbocycles. The summed E-state index contributed by atoms with van der Waals surface area (Å²) in [6.07, 6.45) is 4.63. The van der Waals surface area contributed by atoms with Crippen molar-refractivity contribution in [1.82, 2.24) is 4.98 Å². The van der Waals surface area contributed by atoms with E-state index in [4.69, 9.17) is 0 Å². The molecule has 1 aromatic heterocycles. The van der Waals surface area contributed by atoms with Gasteiger partial charge in [-0.2, -0.15) is 4.99 Å². The molecule has 1 aliphatic heterocycles. The molecular weight excluding hydrogens is 374 g/mol. The van der Waals surface area contributed by atoms with Crippen LogP contribution in [0, 0.1) is 0 Å². The molecule has 134 valence electrons. The Labute approximate surface area is 166 Å². The molecule has 0 N–H and O–H groups in total. The summed E-state index contributed by atoms with van der Waals surface area (Å²) in [7, 11) is 0. The first kappa shape index (κ1) is 17.7. The molecule has 2 heterocycles. The number of anilines is 1. The van der Waals surface area contributed by atoms with Crippen LogP contribution in [0.4, 0.5) is 10.8 Å². The molecule has 0 bridgehead atoms. The molecule has 0 atom stereocenters. The van der Waals surface area contributed by atoms with Crippen molar-refractivity contribution in [2.24, 2.45) is 4.99 Å². The summed E-state index contributed by atoms with van der Waals surface area (Å²) in [4.78, 5) is 24.2. The number of hydrogen-bond donors (Lipinski definition) is 0. The highest BCUT2D eigenvalue weighted by Crippen LogP contribution is 2.37. The molecule has 1 saturated heterocycles. The van der Waals surface area contributed by atoms with Gasteiger partial charge in [0.25, 0.3) is 5.91 Å². The Morgan fingerprint density at radius 1 is 1.11 bits per heavy atom. The molecule has 0 radical (unpaired) electrons. The van der Waals surface area contributed by atoms with E-state index in [0.29, 0.717) is 15.2 Å². The lowest BCUT2D eigenvalue weighted by Crippen LogP contribution is -2.28. The van der Waals surface area contributed by atoms with Gasteiger partial charge in [-0.25, -0.2) is 4.98 Å². The maximum atomic E-state index is 13.1. The SMILES string of the molecule is CCc1ccc(/C=C2\S/C(=N/c3nccs3)N(c3ccccc3)C2=O)cc1. The number of benzene rings is 2. The lowest BCUT2D eigenvalue weighted by molar-refractivity contribution is -0.113. The monoisotopic (exact) mass is 391 g/mol. The van der Waals surface area contributed by atoms with Gasteiger partial charge in [-0.3, -0.25) is 9.69 Å². The number of aromatic nitrogens is 1. The fraction of sp³-hybridized carbons (Fsp3) is 0.0952. The molecule has 1 aliphatic rings. The summed E-state index contributed by atoms with van der Waals surface area (Å²) in [5, 5.41) is 3.14. The van der Waals surface area contributed by atoms with Crippen molar-refractivity contribution in [2.75, 3.05) is 4.90 Å². The minimum absolute atomic E-state index is 0.0684. The number of nitrogens with zero attached hydrogens (tertiary/aromatic N) is 3. The summed E-state index contributed by atoms with van der Waals surface area (Å²) < 4.78 is 0. The van der Waals surface area contributed by atoms with Crippen LogP contribution < -0.4 is 4.90 Å². The van der Waals surface area contributed by atoms with Crippen LogP contribution in [0.1, 0.15) is 18.1 Å². The Morgan fingerprint density at radius 2 is 1.89 bits per heavy atom. The minimum atomic E-state index is -0.0684. The van der Waals surface area contributed by atoms with Gasteiger partial charge in [-0.15, -0.1) is 11.3 Å². The van der Waals surface area contributed by atoms with Crippen molar-refractivity contribution in [3.05, 3.63) is 82.2 Å². The van der Waals surface area contributed by atoms with E-state index in [2.05, 4.69) is 29.0 Å². The second-order valence-electron chi connectivity index (χ2n) is 5.89. The van der Waals surface area contributed by atoms with Gasteiger partial charge in [0.2, 0.25) is 5.13 Å². The predicted octanol–water partition coefficient (Wildman–Crippen LogP) is 5.51. The van der Waals surface area contributed by atoms with E-state index >= 15 is 0 Å². The fourth-order valence-electron chi connectivity index (χ4n) is 2.71. The third kappa shape index (κ3) is 3.86. The number of thioether (sulfide) groups is 1. The number of thiazole rings is 1. The summed E-state index contributed by atoms with van der Waals surface area (Å²) in [6.45, 7) is 2.13. The molecule has 1 amide bonds. The highest BCUT2D eigenvalue weighted by Gasteiger charge is 2.34. The molecule has 0 unspecified atom stereocenters. The van der Waals surface area contributed by atoms with Crippen LogP contribution in [0.5, 0.6) is 0 Å². The molecule has 2 aromatic carbocycles. The van der Waals surface area contributed by atoms with Gasteiger partial charge in [0.15, 0.2) is 5.17 Å². The van der Waals surface area contributed by atoms with E-state index in [1.807, 2.05) is 53.9 Å². The van der Waals surface area contributed by atoms with Crippen molar-refractivity contribution in [2.45, 2.75) is 13.3 Å². The lowest BCUT2D eigenvalue weighted by Gasteiger charge is -2.14. The van der Waals surface area contributed by atoms with Crippen molar-refractivity contribution >= 4 is 51.1 Å². The van der Waals surface area contributed by atoms with Crippen LogP contribution in [-0.4, -0.2) is 16.1 Å². The zero-order chi connectivity index (χ0) is 18.6. The largest absolute Gasteiger partial charge is 0.271 e. The third-order valence-electron chi connectivity index (χ3n) is 4.12. The molecule has 4 rings (SSSR count). The maximum Gasteiger partial charge on any atom is 0.271 e. The normalized spacial score (nSPS) is 17.2. The first-order chi connectivity index (χ1) is 13.2. The number of aryl methyl sites for hydroxylation is 1. The molecule has 0 spiro atoms. The number of amides is 1. The number of amidine groups is 1. The third-order valence-corrected chi connectivity index (χ3v) is 5.75. The molecule has 0 aliphatic carbocycles. The van der Waals surface area contributed by atoms with Crippen LogP contribution in [-0.2, 0) is 11.2 Å². The Bertz CT molecular complexity index is 994. The zero-order valence-corrected chi connectivity index (χ0v) is 16.3. The molecule has 3 aromatic rings. The van der Waals surface area contributed by atoms with Gasteiger partial charge in [-0.1, -0.05) is 49.4 Å². The summed E-state index contributed by atoms with van der Waals surface area (Å²) in [5.41, 5.74) is 3.08. The maximum absolute atomic E-state index is 13.1. The van der Waals surface area contributed by atoms with Gasteiger partial charge in [-0.05, 0) is 47.5 Å². The molecule has 4 nitrogen and oxygen atoms in total. The van der Waals surface area contributed by atoms with Crippen molar-refractivity contribution in [3.8, 4) is 0 Å². The quantitative estimate of drug-likeness (QED) is 0.551. The number of para-hydroxylation sites is 1. The van der Waals surface area contributed by atoms with Crippen molar-refractivity contribution in [3.63, 3.8) is 0 Å². The molecule has 6 heteroatoms. The van der Waals surface area contributed by atoms with Gasteiger partial charge >= 0.3 is 0 Å². The second kappa shape index (κ2) is 7.90. The highest BCUT2D eigenvalue weighted by atomic mass is 32.2. The predicted molar refractivity (Wildman–Crippen MR) is 115 cm³/mol. The summed E-state index contributed by atoms with van der Waals surface area (Å²) >= 11 is 2.83. The Balaban J connectivity index is 1.72. The van der Waals surface area contributed by atoms with Crippen LogP contribution in [0.25, 0.3) is 6.08 Å². The Kier molecular flexibility index (Phi) is 5.18. The topological polar surface area (TPSA) is 45.6 Å². The minimum Gasteiger partial charge on any atom is -0.268 e. The number of carbonyl (C=O) groups excluding carboxylic acids is 1. The Hall–Kier alpha value is -2.70. The van der Waals surface area contributed by atoms with Crippen LogP contribution in [0.3, 0.4) is 0 Å².